The Morgan fingerprint density at radius 2 is 1.88 bits per heavy atom. The third-order valence-corrected chi connectivity index (χ3v) is 7.16. The SMILES string of the molecule is CC(=O)C1=C(C)N=c2s/c(=C/c3ccccc3O)c(=O)n2[C@H]1c1ccc(-c2ccc(Br)cc2)o1. The molecule has 4 aromatic rings. The van der Waals surface area contributed by atoms with Crippen LogP contribution < -0.4 is 14.9 Å². The average Bonchev–Trinajstić information content (AvgIpc) is 3.40. The number of phenols is 1. The van der Waals surface area contributed by atoms with Gasteiger partial charge in [-0.1, -0.05) is 57.6 Å². The maximum Gasteiger partial charge on any atom is 0.271 e. The summed E-state index contributed by atoms with van der Waals surface area (Å²) in [7, 11) is 0. The second kappa shape index (κ2) is 8.70. The number of hydrogen-bond acceptors (Lipinski definition) is 6. The van der Waals surface area contributed by atoms with Gasteiger partial charge in [-0.05, 0) is 50.3 Å². The lowest BCUT2D eigenvalue weighted by molar-refractivity contribution is -0.114. The van der Waals surface area contributed by atoms with Crippen molar-refractivity contribution >= 4 is 39.1 Å². The van der Waals surface area contributed by atoms with Crippen molar-refractivity contribution in [1.82, 2.24) is 4.57 Å². The van der Waals surface area contributed by atoms with Crippen molar-refractivity contribution in [2.24, 2.45) is 4.99 Å². The number of para-hydroxylation sites is 1. The molecule has 5 rings (SSSR count). The first-order chi connectivity index (χ1) is 16.3. The van der Waals surface area contributed by atoms with Crippen LogP contribution in [-0.2, 0) is 4.79 Å². The molecule has 0 bridgehead atoms. The molecule has 0 aliphatic carbocycles. The summed E-state index contributed by atoms with van der Waals surface area (Å²) in [6.45, 7) is 3.24. The lowest BCUT2D eigenvalue weighted by Gasteiger charge is -2.22. The number of aromatic nitrogens is 1. The lowest BCUT2D eigenvalue weighted by Crippen LogP contribution is -2.39. The van der Waals surface area contributed by atoms with Crippen LogP contribution in [0, 0.1) is 0 Å². The normalized spacial score (nSPS) is 15.9. The minimum Gasteiger partial charge on any atom is -0.507 e. The Kier molecular flexibility index (Phi) is 5.71. The summed E-state index contributed by atoms with van der Waals surface area (Å²) >= 11 is 4.64. The second-order valence-electron chi connectivity index (χ2n) is 7.91. The molecule has 3 heterocycles. The van der Waals surface area contributed by atoms with E-state index in [4.69, 9.17) is 4.42 Å². The average molecular weight is 535 g/mol. The van der Waals surface area contributed by atoms with Gasteiger partial charge in [-0.3, -0.25) is 14.2 Å². The summed E-state index contributed by atoms with van der Waals surface area (Å²) in [5, 5.41) is 10.2. The lowest BCUT2D eigenvalue weighted by atomic mass is 9.98. The number of allylic oxidation sites excluding steroid dienone is 2. The number of furan rings is 1. The van der Waals surface area contributed by atoms with Gasteiger partial charge in [0.05, 0.1) is 4.53 Å². The largest absolute Gasteiger partial charge is 0.507 e. The van der Waals surface area contributed by atoms with Gasteiger partial charge < -0.3 is 9.52 Å². The number of halogens is 1. The molecule has 0 spiro atoms. The maximum atomic E-state index is 13.5. The molecule has 0 fully saturated rings. The number of thiazole rings is 1. The highest BCUT2D eigenvalue weighted by Crippen LogP contribution is 2.34. The van der Waals surface area contributed by atoms with E-state index in [1.165, 1.54) is 22.8 Å². The first kappa shape index (κ1) is 22.3. The van der Waals surface area contributed by atoms with Crippen LogP contribution in [0.25, 0.3) is 17.4 Å². The molecule has 0 saturated carbocycles. The Hall–Kier alpha value is -3.49. The second-order valence-corrected chi connectivity index (χ2v) is 9.83. The van der Waals surface area contributed by atoms with Crippen LogP contribution in [0.2, 0.25) is 0 Å². The predicted molar refractivity (Wildman–Crippen MR) is 134 cm³/mol. The molecule has 2 aromatic heterocycles. The third-order valence-electron chi connectivity index (χ3n) is 5.65. The smallest absolute Gasteiger partial charge is 0.271 e. The van der Waals surface area contributed by atoms with Crippen LogP contribution in [0.15, 0.2) is 90.6 Å². The predicted octanol–water partition coefficient (Wildman–Crippen LogP) is 4.55. The molecule has 0 radical (unpaired) electrons. The number of rotatable bonds is 4. The summed E-state index contributed by atoms with van der Waals surface area (Å²) in [5.74, 6) is 1.02. The summed E-state index contributed by atoms with van der Waals surface area (Å²) in [6.07, 6.45) is 1.64. The number of hydrogen-bond donors (Lipinski definition) is 1. The van der Waals surface area contributed by atoms with Gasteiger partial charge in [0.1, 0.15) is 23.3 Å². The van der Waals surface area contributed by atoms with Crippen LogP contribution in [0.4, 0.5) is 0 Å². The minimum absolute atomic E-state index is 0.0793. The van der Waals surface area contributed by atoms with Crippen LogP contribution in [0.1, 0.15) is 31.2 Å². The molecule has 1 aliphatic heterocycles. The van der Waals surface area contributed by atoms with Gasteiger partial charge >= 0.3 is 0 Å². The number of fused-ring (bicyclic) bond motifs is 1. The highest BCUT2D eigenvalue weighted by molar-refractivity contribution is 9.10. The van der Waals surface area contributed by atoms with Gasteiger partial charge in [0, 0.05) is 26.9 Å². The van der Waals surface area contributed by atoms with E-state index >= 15 is 0 Å². The van der Waals surface area contributed by atoms with Crippen LogP contribution in [0.3, 0.4) is 0 Å². The van der Waals surface area contributed by atoms with E-state index < -0.39 is 6.04 Å². The highest BCUT2D eigenvalue weighted by atomic mass is 79.9. The quantitative estimate of drug-likeness (QED) is 0.416. The minimum atomic E-state index is -0.732. The number of Topliss-reactive ketones (excluding diaryl/α,β-unsaturated/α-hetero) is 1. The van der Waals surface area contributed by atoms with Crippen LogP contribution in [0.5, 0.6) is 5.75 Å². The molecule has 1 N–H and O–H groups in total. The molecule has 0 amide bonds. The van der Waals surface area contributed by atoms with Crippen molar-refractivity contribution < 1.29 is 14.3 Å². The Bertz CT molecular complexity index is 1640. The van der Waals surface area contributed by atoms with E-state index in [-0.39, 0.29) is 17.1 Å². The fraction of sp³-hybridized carbons (Fsp3) is 0.115. The van der Waals surface area contributed by atoms with Gasteiger partial charge in [0.25, 0.3) is 5.56 Å². The molecule has 170 valence electrons. The van der Waals surface area contributed by atoms with E-state index in [1.54, 1.807) is 43.3 Å². The summed E-state index contributed by atoms with van der Waals surface area (Å²) in [4.78, 5) is 31.2. The van der Waals surface area contributed by atoms with E-state index in [2.05, 4.69) is 20.9 Å². The Balaban J connectivity index is 1.70. The Morgan fingerprint density at radius 1 is 1.15 bits per heavy atom. The van der Waals surface area contributed by atoms with Gasteiger partial charge in [-0.2, -0.15) is 0 Å². The van der Waals surface area contributed by atoms with Gasteiger partial charge in [-0.25, -0.2) is 4.99 Å². The number of aromatic hydroxyl groups is 1. The summed E-state index contributed by atoms with van der Waals surface area (Å²) in [6, 6.07) is 17.4. The number of benzene rings is 2. The standard InChI is InChI=1S/C26H19BrN2O4S/c1-14-23(15(2)30)24(21-12-11-20(33-21)16-7-9-18(27)10-8-16)29-25(32)22(34-26(29)28-14)13-17-5-3-4-6-19(17)31/h3-13,24,31H,1-2H3/b22-13+/t24-/m0/s1. The van der Waals surface area contributed by atoms with Crippen molar-refractivity contribution in [3.63, 3.8) is 0 Å². The molecular weight excluding hydrogens is 516 g/mol. The van der Waals surface area contributed by atoms with E-state index in [0.29, 0.717) is 37.7 Å². The maximum absolute atomic E-state index is 13.5. The molecule has 0 unspecified atom stereocenters. The molecule has 1 aliphatic rings. The van der Waals surface area contributed by atoms with Gasteiger partial charge in [-0.15, -0.1) is 0 Å². The zero-order valence-corrected chi connectivity index (χ0v) is 20.7. The van der Waals surface area contributed by atoms with Crippen LogP contribution >= 0.6 is 27.3 Å². The van der Waals surface area contributed by atoms with Crippen molar-refractivity contribution in [2.45, 2.75) is 19.9 Å². The van der Waals surface area contributed by atoms with Gasteiger partial charge in [0.2, 0.25) is 0 Å². The van der Waals surface area contributed by atoms with Crippen molar-refractivity contribution in [2.75, 3.05) is 0 Å². The molecular formula is C26H19BrN2O4S. The molecule has 6 nitrogen and oxygen atoms in total. The fourth-order valence-electron chi connectivity index (χ4n) is 4.06. The van der Waals surface area contributed by atoms with Crippen molar-refractivity contribution in [3.8, 4) is 17.1 Å². The van der Waals surface area contributed by atoms with E-state index in [9.17, 15) is 14.7 Å². The zero-order chi connectivity index (χ0) is 24.0. The Morgan fingerprint density at radius 3 is 2.59 bits per heavy atom. The number of carbonyl (C=O) groups excluding carboxylic acids is 1. The molecule has 34 heavy (non-hydrogen) atoms. The van der Waals surface area contributed by atoms with Crippen LogP contribution in [-0.4, -0.2) is 15.5 Å². The monoisotopic (exact) mass is 534 g/mol. The van der Waals surface area contributed by atoms with E-state index in [0.717, 1.165) is 10.0 Å². The molecule has 1 atom stereocenters. The molecule has 8 heteroatoms. The molecule has 2 aromatic carbocycles. The summed E-state index contributed by atoms with van der Waals surface area (Å²) < 4.78 is 9.05. The third kappa shape index (κ3) is 3.89. The highest BCUT2D eigenvalue weighted by Gasteiger charge is 2.33. The van der Waals surface area contributed by atoms with Crippen molar-refractivity contribution in [1.29, 1.82) is 0 Å². The first-order valence-electron chi connectivity index (χ1n) is 10.5. The topological polar surface area (TPSA) is 84.8 Å². The van der Waals surface area contributed by atoms with Crippen molar-refractivity contribution in [3.05, 3.63) is 107 Å². The van der Waals surface area contributed by atoms with E-state index in [1.807, 2.05) is 30.3 Å². The number of phenolic OH excluding ortho intramolecular Hbond substituents is 1. The Labute approximate surface area is 207 Å². The van der Waals surface area contributed by atoms with Gasteiger partial charge in [0.15, 0.2) is 10.6 Å². The molecule has 0 saturated heterocycles. The zero-order valence-electron chi connectivity index (χ0n) is 18.3. The fourth-order valence-corrected chi connectivity index (χ4v) is 5.36. The number of nitrogens with zero attached hydrogens (tertiary/aromatic N) is 2. The first-order valence-corrected chi connectivity index (χ1v) is 12.1. The summed E-state index contributed by atoms with van der Waals surface area (Å²) in [5.41, 5.74) is 2.08. The number of carbonyl (C=O) groups is 1. The number of ketones is 1.